The maximum Gasteiger partial charge on any atom is 0.144 e. The molecule has 0 rings (SSSR count). The summed E-state index contributed by atoms with van der Waals surface area (Å²) in [7, 11) is 0. The highest BCUT2D eigenvalue weighted by atomic mass is 16.4. The number of amidine groups is 1. The van der Waals surface area contributed by atoms with Gasteiger partial charge < -0.3 is 16.3 Å². The van der Waals surface area contributed by atoms with Gasteiger partial charge in [0.25, 0.3) is 0 Å². The summed E-state index contributed by atoms with van der Waals surface area (Å²) in [6.07, 6.45) is 3.10. The van der Waals surface area contributed by atoms with Crippen molar-refractivity contribution in [3.05, 3.63) is 0 Å². The van der Waals surface area contributed by atoms with E-state index >= 15 is 0 Å². The van der Waals surface area contributed by atoms with E-state index in [4.69, 9.17) is 10.9 Å². The molecule has 0 aliphatic carbocycles. The Morgan fingerprint density at radius 3 is 2.60 bits per heavy atom. The Labute approximate surface area is 92.9 Å². The topological polar surface area (TPSA) is 70.6 Å². The molecule has 0 aromatic rings. The Bertz CT molecular complexity index is 202. The van der Waals surface area contributed by atoms with Crippen LogP contribution in [0.2, 0.25) is 0 Å². The predicted molar refractivity (Wildman–Crippen MR) is 64.2 cm³/mol. The monoisotopic (exact) mass is 215 g/mol. The summed E-state index contributed by atoms with van der Waals surface area (Å²) < 4.78 is 0. The van der Waals surface area contributed by atoms with Gasteiger partial charge in [-0.2, -0.15) is 0 Å². The Kier molecular flexibility index (Phi) is 6.32. The van der Waals surface area contributed by atoms with Gasteiger partial charge in [0.15, 0.2) is 0 Å². The number of hydrogen-bond acceptors (Lipinski definition) is 3. The van der Waals surface area contributed by atoms with Crippen LogP contribution in [-0.4, -0.2) is 23.6 Å². The largest absolute Gasteiger partial charge is 0.409 e. The number of oxime groups is 1. The molecule has 1 unspecified atom stereocenters. The van der Waals surface area contributed by atoms with Gasteiger partial charge >= 0.3 is 0 Å². The van der Waals surface area contributed by atoms with Gasteiger partial charge in [0.05, 0.1) is 0 Å². The van der Waals surface area contributed by atoms with Crippen LogP contribution in [0, 0.1) is 5.41 Å². The van der Waals surface area contributed by atoms with E-state index in [0.717, 1.165) is 25.8 Å². The SMILES string of the molecule is CCC(C)NCCCC(C)(C)C(N)=NO. The molecule has 15 heavy (non-hydrogen) atoms. The molecule has 0 bridgehead atoms. The van der Waals surface area contributed by atoms with Crippen LogP contribution in [0.15, 0.2) is 5.16 Å². The Morgan fingerprint density at radius 1 is 1.53 bits per heavy atom. The van der Waals surface area contributed by atoms with Crippen molar-refractivity contribution in [2.24, 2.45) is 16.3 Å². The highest BCUT2D eigenvalue weighted by Crippen LogP contribution is 2.21. The summed E-state index contributed by atoms with van der Waals surface area (Å²) in [6.45, 7) is 9.31. The van der Waals surface area contributed by atoms with E-state index in [1.165, 1.54) is 0 Å². The van der Waals surface area contributed by atoms with E-state index in [0.29, 0.717) is 11.9 Å². The number of nitrogens with two attached hydrogens (primary N) is 1. The van der Waals surface area contributed by atoms with Crippen LogP contribution in [0.25, 0.3) is 0 Å². The molecule has 90 valence electrons. The smallest absolute Gasteiger partial charge is 0.144 e. The van der Waals surface area contributed by atoms with Gasteiger partial charge in [-0.3, -0.25) is 0 Å². The van der Waals surface area contributed by atoms with E-state index < -0.39 is 0 Å². The van der Waals surface area contributed by atoms with E-state index in [-0.39, 0.29) is 5.41 Å². The van der Waals surface area contributed by atoms with Crippen molar-refractivity contribution in [2.45, 2.75) is 53.0 Å². The highest BCUT2D eigenvalue weighted by Gasteiger charge is 2.22. The van der Waals surface area contributed by atoms with Crippen molar-refractivity contribution < 1.29 is 5.21 Å². The highest BCUT2D eigenvalue weighted by molar-refractivity contribution is 5.85. The maximum atomic E-state index is 8.60. The number of nitrogens with one attached hydrogen (secondary N) is 1. The van der Waals surface area contributed by atoms with Gasteiger partial charge in [-0.05, 0) is 32.7 Å². The summed E-state index contributed by atoms with van der Waals surface area (Å²) in [6, 6.07) is 0.567. The Morgan fingerprint density at radius 2 is 2.13 bits per heavy atom. The lowest BCUT2D eigenvalue weighted by molar-refractivity contribution is 0.304. The summed E-state index contributed by atoms with van der Waals surface area (Å²) in [4.78, 5) is 0. The molecule has 0 fully saturated rings. The van der Waals surface area contributed by atoms with Gasteiger partial charge in [-0.25, -0.2) is 0 Å². The molecule has 0 radical (unpaired) electrons. The standard InChI is InChI=1S/C11H25N3O/c1-5-9(2)13-8-6-7-11(3,4)10(12)14-15/h9,13,15H,5-8H2,1-4H3,(H2,12,14). The normalized spacial score (nSPS) is 15.3. The summed E-state index contributed by atoms with van der Waals surface area (Å²) in [5.74, 6) is 0.311. The number of nitrogens with zero attached hydrogens (tertiary/aromatic N) is 1. The van der Waals surface area contributed by atoms with E-state index in [9.17, 15) is 0 Å². The first-order chi connectivity index (χ1) is 6.94. The first-order valence-corrected chi connectivity index (χ1v) is 5.65. The lowest BCUT2D eigenvalue weighted by Crippen LogP contribution is -2.33. The lowest BCUT2D eigenvalue weighted by atomic mass is 9.86. The van der Waals surface area contributed by atoms with Crippen LogP contribution < -0.4 is 11.1 Å². The minimum Gasteiger partial charge on any atom is -0.409 e. The van der Waals surface area contributed by atoms with E-state index in [2.05, 4.69) is 24.3 Å². The Hall–Kier alpha value is -0.770. The first kappa shape index (κ1) is 14.2. The van der Waals surface area contributed by atoms with Crippen LogP contribution in [0.4, 0.5) is 0 Å². The minimum absolute atomic E-state index is 0.216. The van der Waals surface area contributed by atoms with Gasteiger partial charge in [0.2, 0.25) is 0 Å². The molecule has 0 saturated heterocycles. The molecule has 0 aromatic heterocycles. The molecular weight excluding hydrogens is 190 g/mol. The van der Waals surface area contributed by atoms with Crippen molar-refractivity contribution in [2.75, 3.05) is 6.54 Å². The van der Waals surface area contributed by atoms with Gasteiger partial charge in [0, 0.05) is 11.5 Å². The third-order valence-corrected chi connectivity index (χ3v) is 2.88. The zero-order chi connectivity index (χ0) is 11.9. The molecule has 0 saturated carbocycles. The first-order valence-electron chi connectivity index (χ1n) is 5.65. The van der Waals surface area contributed by atoms with Crippen molar-refractivity contribution in [3.8, 4) is 0 Å². The van der Waals surface area contributed by atoms with Crippen molar-refractivity contribution in [1.29, 1.82) is 0 Å². The fourth-order valence-electron chi connectivity index (χ4n) is 1.29. The zero-order valence-corrected chi connectivity index (χ0v) is 10.4. The maximum absolute atomic E-state index is 8.60. The van der Waals surface area contributed by atoms with E-state index in [1.807, 2.05) is 13.8 Å². The second kappa shape index (κ2) is 6.67. The van der Waals surface area contributed by atoms with Crippen LogP contribution in [0.5, 0.6) is 0 Å². The molecule has 4 N–H and O–H groups in total. The van der Waals surface area contributed by atoms with Gasteiger partial charge in [-0.15, -0.1) is 0 Å². The molecule has 0 aliphatic heterocycles. The van der Waals surface area contributed by atoms with Crippen molar-refractivity contribution >= 4 is 5.84 Å². The van der Waals surface area contributed by atoms with Crippen LogP contribution >= 0.6 is 0 Å². The second-order valence-corrected chi connectivity index (χ2v) is 4.74. The van der Waals surface area contributed by atoms with Crippen molar-refractivity contribution in [1.82, 2.24) is 5.32 Å². The van der Waals surface area contributed by atoms with Crippen LogP contribution in [-0.2, 0) is 0 Å². The molecule has 0 spiro atoms. The quantitative estimate of drug-likeness (QED) is 0.200. The predicted octanol–water partition coefficient (Wildman–Crippen LogP) is 1.93. The van der Waals surface area contributed by atoms with Gasteiger partial charge in [0.1, 0.15) is 5.84 Å². The van der Waals surface area contributed by atoms with Crippen LogP contribution in [0.1, 0.15) is 47.0 Å². The molecule has 0 aromatic carbocycles. The number of rotatable bonds is 7. The molecule has 4 heteroatoms. The average Bonchev–Trinajstić information content (AvgIpc) is 2.22. The van der Waals surface area contributed by atoms with Gasteiger partial charge in [-0.1, -0.05) is 25.9 Å². The molecule has 0 amide bonds. The average molecular weight is 215 g/mol. The zero-order valence-electron chi connectivity index (χ0n) is 10.4. The van der Waals surface area contributed by atoms with E-state index in [1.54, 1.807) is 0 Å². The summed E-state index contributed by atoms with van der Waals surface area (Å²) in [5, 5.41) is 15.1. The minimum atomic E-state index is -0.216. The fourth-order valence-corrected chi connectivity index (χ4v) is 1.29. The molecule has 0 aliphatic rings. The number of hydrogen-bond donors (Lipinski definition) is 3. The molecule has 1 atom stereocenters. The third kappa shape index (κ3) is 5.62. The molecule has 0 heterocycles. The second-order valence-electron chi connectivity index (χ2n) is 4.74. The molecular formula is C11H25N3O. The summed E-state index contributed by atoms with van der Waals surface area (Å²) >= 11 is 0. The third-order valence-electron chi connectivity index (χ3n) is 2.88. The van der Waals surface area contributed by atoms with Crippen molar-refractivity contribution in [3.63, 3.8) is 0 Å². The Balaban J connectivity index is 3.76. The lowest BCUT2D eigenvalue weighted by Gasteiger charge is -2.23. The molecule has 4 nitrogen and oxygen atoms in total. The fraction of sp³-hybridized carbons (Fsp3) is 0.909. The summed E-state index contributed by atoms with van der Waals surface area (Å²) in [5.41, 5.74) is 5.38. The van der Waals surface area contributed by atoms with Crippen LogP contribution in [0.3, 0.4) is 0 Å².